The van der Waals surface area contributed by atoms with Gasteiger partial charge in [0.05, 0.1) is 6.04 Å². The van der Waals surface area contributed by atoms with Gasteiger partial charge in [-0.15, -0.1) is 0 Å². The van der Waals surface area contributed by atoms with Gasteiger partial charge >= 0.3 is 0 Å². The lowest BCUT2D eigenvalue weighted by atomic mass is 9.96. The van der Waals surface area contributed by atoms with Gasteiger partial charge in [-0.05, 0) is 43.0 Å². The van der Waals surface area contributed by atoms with Crippen LogP contribution in [0.4, 0.5) is 0 Å². The maximum atomic E-state index is 6.35. The zero-order chi connectivity index (χ0) is 13.8. The molecule has 1 atom stereocenters. The molecule has 100 valence electrons. The Morgan fingerprint density at radius 3 is 2.32 bits per heavy atom. The molecule has 2 rings (SSSR count). The second kappa shape index (κ2) is 5.98. The Morgan fingerprint density at radius 2 is 1.74 bits per heavy atom. The van der Waals surface area contributed by atoms with E-state index in [1.807, 2.05) is 19.9 Å². The Balaban J connectivity index is 2.25. The highest BCUT2D eigenvalue weighted by Gasteiger charge is 2.12. The molecule has 0 radical (unpaired) electrons. The van der Waals surface area contributed by atoms with Crippen LogP contribution >= 0.6 is 0 Å². The summed E-state index contributed by atoms with van der Waals surface area (Å²) in [5, 5.41) is 0. The lowest BCUT2D eigenvalue weighted by molar-refractivity contribution is 0.840. The third kappa shape index (κ3) is 3.21. The van der Waals surface area contributed by atoms with Crippen LogP contribution in [0.25, 0.3) is 0 Å². The lowest BCUT2D eigenvalue weighted by Gasteiger charge is -2.15. The van der Waals surface area contributed by atoms with E-state index in [-0.39, 0.29) is 6.04 Å². The molecule has 19 heavy (non-hydrogen) atoms. The second-order valence-corrected chi connectivity index (χ2v) is 5.10. The predicted molar refractivity (Wildman–Crippen MR) is 80.2 cm³/mol. The van der Waals surface area contributed by atoms with Gasteiger partial charge in [-0.25, -0.2) is 0 Å². The summed E-state index contributed by atoms with van der Waals surface area (Å²) >= 11 is 0. The van der Waals surface area contributed by atoms with E-state index in [0.29, 0.717) is 0 Å². The van der Waals surface area contributed by atoms with Gasteiger partial charge in [0.2, 0.25) is 0 Å². The van der Waals surface area contributed by atoms with E-state index in [9.17, 15) is 0 Å². The molecule has 2 heteroatoms. The largest absolute Gasteiger partial charge is 0.320 e. The van der Waals surface area contributed by atoms with E-state index >= 15 is 0 Å². The number of nitrogens with zero attached hydrogens (tertiary/aromatic N) is 1. The molecule has 0 aliphatic heterocycles. The summed E-state index contributed by atoms with van der Waals surface area (Å²) in [5.41, 5.74) is 12.0. The molecule has 2 aromatic rings. The molecule has 0 saturated heterocycles. The highest BCUT2D eigenvalue weighted by Crippen LogP contribution is 2.22. The van der Waals surface area contributed by atoms with Gasteiger partial charge in [-0.2, -0.15) is 0 Å². The third-order valence-corrected chi connectivity index (χ3v) is 3.48. The van der Waals surface area contributed by atoms with E-state index in [1.54, 1.807) is 0 Å². The molecule has 1 unspecified atom stereocenters. The van der Waals surface area contributed by atoms with Crippen LogP contribution in [0.5, 0.6) is 0 Å². The number of hydrogen-bond acceptors (Lipinski definition) is 2. The number of hydrogen-bond donors (Lipinski definition) is 1. The Morgan fingerprint density at radius 1 is 1.05 bits per heavy atom. The molecule has 0 fully saturated rings. The van der Waals surface area contributed by atoms with Gasteiger partial charge in [0.1, 0.15) is 0 Å². The number of aromatic nitrogens is 1. The zero-order valence-electron chi connectivity index (χ0n) is 12.0. The van der Waals surface area contributed by atoms with Crippen molar-refractivity contribution in [3.05, 3.63) is 64.5 Å². The molecular formula is C17H22N2. The van der Waals surface area contributed by atoms with E-state index in [1.165, 1.54) is 12.0 Å². The molecule has 0 aliphatic rings. The normalized spacial score (nSPS) is 12.4. The zero-order valence-corrected chi connectivity index (χ0v) is 12.0. The highest BCUT2D eigenvalue weighted by atomic mass is 14.7. The first kappa shape index (κ1) is 13.8. The van der Waals surface area contributed by atoms with Crippen molar-refractivity contribution in [1.82, 2.24) is 4.98 Å². The first-order valence-electron chi connectivity index (χ1n) is 6.90. The van der Waals surface area contributed by atoms with Gasteiger partial charge < -0.3 is 5.73 Å². The summed E-state index contributed by atoms with van der Waals surface area (Å²) in [6.07, 6.45) is 2.30. The SMILES string of the molecule is CCCc1ccc(C(N)c2ccc(C)nc2C)cc1. The maximum Gasteiger partial charge on any atom is 0.0569 e. The fourth-order valence-electron chi connectivity index (χ4n) is 2.39. The van der Waals surface area contributed by atoms with Gasteiger partial charge in [0.15, 0.2) is 0 Å². The first-order chi connectivity index (χ1) is 9.11. The standard InChI is InChI=1S/C17H22N2/c1-4-5-14-7-9-15(10-8-14)17(18)16-11-6-12(2)19-13(16)3/h6-11,17H,4-5,18H2,1-3H3. The van der Waals surface area contributed by atoms with E-state index in [4.69, 9.17) is 5.73 Å². The number of benzene rings is 1. The molecule has 1 heterocycles. The Bertz CT molecular complexity index is 544. The van der Waals surface area contributed by atoms with Crippen LogP contribution in [-0.2, 0) is 6.42 Å². The molecule has 0 aliphatic carbocycles. The molecule has 2 N–H and O–H groups in total. The number of nitrogens with two attached hydrogens (primary N) is 1. The molecule has 1 aromatic heterocycles. The van der Waals surface area contributed by atoms with E-state index in [2.05, 4.69) is 42.2 Å². The number of pyridine rings is 1. The Hall–Kier alpha value is -1.67. The number of rotatable bonds is 4. The summed E-state index contributed by atoms with van der Waals surface area (Å²) in [4.78, 5) is 4.49. The molecule has 0 spiro atoms. The Kier molecular flexibility index (Phi) is 4.33. The van der Waals surface area contributed by atoms with E-state index < -0.39 is 0 Å². The maximum absolute atomic E-state index is 6.35. The fourth-order valence-corrected chi connectivity index (χ4v) is 2.39. The molecular weight excluding hydrogens is 232 g/mol. The minimum absolute atomic E-state index is 0.0937. The van der Waals surface area contributed by atoms with Crippen molar-refractivity contribution in [2.45, 2.75) is 39.7 Å². The summed E-state index contributed by atoms with van der Waals surface area (Å²) < 4.78 is 0. The Labute approximate surface area is 115 Å². The van der Waals surface area contributed by atoms with Crippen LogP contribution in [0.1, 0.15) is 47.5 Å². The van der Waals surface area contributed by atoms with Crippen molar-refractivity contribution < 1.29 is 0 Å². The van der Waals surface area contributed by atoms with Crippen LogP contribution in [0, 0.1) is 13.8 Å². The van der Waals surface area contributed by atoms with Gasteiger partial charge in [-0.3, -0.25) is 4.98 Å². The summed E-state index contributed by atoms with van der Waals surface area (Å²) in [6, 6.07) is 12.6. The topological polar surface area (TPSA) is 38.9 Å². The predicted octanol–water partition coefficient (Wildman–Crippen LogP) is 3.70. The first-order valence-corrected chi connectivity index (χ1v) is 6.90. The van der Waals surface area contributed by atoms with Crippen LogP contribution in [0.2, 0.25) is 0 Å². The third-order valence-electron chi connectivity index (χ3n) is 3.48. The quantitative estimate of drug-likeness (QED) is 0.903. The van der Waals surface area contributed by atoms with Gasteiger partial charge in [0, 0.05) is 11.4 Å². The van der Waals surface area contributed by atoms with Crippen LogP contribution in [0.15, 0.2) is 36.4 Å². The second-order valence-electron chi connectivity index (χ2n) is 5.10. The van der Waals surface area contributed by atoms with Crippen molar-refractivity contribution in [2.75, 3.05) is 0 Å². The average molecular weight is 254 g/mol. The van der Waals surface area contributed by atoms with Crippen LogP contribution in [-0.4, -0.2) is 4.98 Å². The van der Waals surface area contributed by atoms with Gasteiger partial charge in [0.25, 0.3) is 0 Å². The van der Waals surface area contributed by atoms with Crippen molar-refractivity contribution in [1.29, 1.82) is 0 Å². The fraction of sp³-hybridized carbons (Fsp3) is 0.353. The van der Waals surface area contributed by atoms with Gasteiger partial charge in [-0.1, -0.05) is 43.7 Å². The minimum atomic E-state index is -0.0937. The van der Waals surface area contributed by atoms with E-state index in [0.717, 1.165) is 28.9 Å². The molecule has 0 amide bonds. The highest BCUT2D eigenvalue weighted by molar-refractivity contribution is 5.35. The molecule has 2 nitrogen and oxygen atoms in total. The lowest BCUT2D eigenvalue weighted by Crippen LogP contribution is -2.14. The smallest absolute Gasteiger partial charge is 0.0569 e. The van der Waals surface area contributed by atoms with Crippen molar-refractivity contribution >= 4 is 0 Å². The average Bonchev–Trinajstić information content (AvgIpc) is 2.39. The molecule has 0 saturated carbocycles. The number of aryl methyl sites for hydroxylation is 3. The summed E-state index contributed by atoms with van der Waals surface area (Å²) in [6.45, 7) is 6.22. The molecule has 0 bridgehead atoms. The molecule has 1 aromatic carbocycles. The minimum Gasteiger partial charge on any atom is -0.320 e. The van der Waals surface area contributed by atoms with Crippen molar-refractivity contribution in [3.63, 3.8) is 0 Å². The van der Waals surface area contributed by atoms with Crippen LogP contribution in [0.3, 0.4) is 0 Å². The summed E-state index contributed by atoms with van der Waals surface area (Å²) in [7, 11) is 0. The summed E-state index contributed by atoms with van der Waals surface area (Å²) in [5.74, 6) is 0. The van der Waals surface area contributed by atoms with Crippen molar-refractivity contribution in [3.8, 4) is 0 Å². The van der Waals surface area contributed by atoms with Crippen molar-refractivity contribution in [2.24, 2.45) is 5.73 Å². The van der Waals surface area contributed by atoms with Crippen LogP contribution < -0.4 is 5.73 Å². The monoisotopic (exact) mass is 254 g/mol.